The van der Waals surface area contributed by atoms with Crippen LogP contribution in [0.3, 0.4) is 0 Å². The topological polar surface area (TPSA) is 38.5 Å². The van der Waals surface area contributed by atoms with E-state index in [1.54, 1.807) is 7.11 Å². The van der Waals surface area contributed by atoms with Gasteiger partial charge >= 0.3 is 0 Å². The van der Waals surface area contributed by atoms with E-state index in [1.807, 2.05) is 12.1 Å². The third kappa shape index (κ3) is 4.17. The molecule has 3 nitrogen and oxygen atoms in total. The van der Waals surface area contributed by atoms with E-state index in [0.717, 1.165) is 29.3 Å². The lowest BCUT2D eigenvalue weighted by molar-refractivity contribution is 0.162. The van der Waals surface area contributed by atoms with Crippen molar-refractivity contribution in [1.82, 2.24) is 4.90 Å². The van der Waals surface area contributed by atoms with Crippen molar-refractivity contribution in [2.24, 2.45) is 11.7 Å². The van der Waals surface area contributed by atoms with E-state index in [1.165, 1.54) is 25.7 Å². The normalized spacial score (nSPS) is 22.3. The summed E-state index contributed by atoms with van der Waals surface area (Å²) >= 11 is 5.08. The van der Waals surface area contributed by atoms with Crippen LogP contribution in [0.1, 0.15) is 43.7 Å². The van der Waals surface area contributed by atoms with Crippen molar-refractivity contribution in [2.75, 3.05) is 14.2 Å². The van der Waals surface area contributed by atoms with Crippen molar-refractivity contribution in [3.05, 3.63) is 29.3 Å². The summed E-state index contributed by atoms with van der Waals surface area (Å²) in [6.07, 6.45) is 5.24. The lowest BCUT2D eigenvalue weighted by Crippen LogP contribution is -2.34. The van der Waals surface area contributed by atoms with E-state index in [9.17, 15) is 0 Å². The molecule has 0 atom stereocenters. The van der Waals surface area contributed by atoms with E-state index in [4.69, 9.17) is 22.7 Å². The minimum Gasteiger partial charge on any atom is -0.496 e. The maximum absolute atomic E-state index is 5.74. The molecule has 0 aromatic heterocycles. The molecule has 2 rings (SSSR count). The number of benzene rings is 1. The van der Waals surface area contributed by atoms with Gasteiger partial charge in [-0.25, -0.2) is 0 Å². The van der Waals surface area contributed by atoms with Crippen molar-refractivity contribution in [2.45, 2.75) is 45.2 Å². The zero-order valence-electron chi connectivity index (χ0n) is 13.3. The average molecular weight is 306 g/mol. The van der Waals surface area contributed by atoms with Gasteiger partial charge in [0.25, 0.3) is 0 Å². The predicted molar refractivity (Wildman–Crippen MR) is 91.8 cm³/mol. The van der Waals surface area contributed by atoms with Crippen LogP contribution in [0.2, 0.25) is 0 Å². The monoisotopic (exact) mass is 306 g/mol. The van der Waals surface area contributed by atoms with Gasteiger partial charge in [-0.2, -0.15) is 0 Å². The summed E-state index contributed by atoms with van der Waals surface area (Å²) in [5, 5.41) is 0. The fourth-order valence-electron chi connectivity index (χ4n) is 3.14. The highest BCUT2D eigenvalue weighted by Crippen LogP contribution is 2.29. The highest BCUT2D eigenvalue weighted by molar-refractivity contribution is 7.80. The lowest BCUT2D eigenvalue weighted by atomic mass is 9.86. The van der Waals surface area contributed by atoms with E-state index in [-0.39, 0.29) is 0 Å². The molecule has 1 saturated carbocycles. The fraction of sp³-hybridized carbons (Fsp3) is 0.588. The molecule has 0 bridgehead atoms. The molecule has 1 aliphatic rings. The second kappa shape index (κ2) is 7.23. The molecule has 2 N–H and O–H groups in total. The number of rotatable bonds is 5. The van der Waals surface area contributed by atoms with E-state index in [0.29, 0.717) is 11.0 Å². The standard InChI is InChI=1S/C17H26N2OS/c1-12-4-7-15(8-5-12)19(2)11-14-10-13(17(18)21)6-9-16(14)20-3/h6,9-10,12,15H,4-5,7-8,11H2,1-3H3,(H2,18,21). The Bertz CT molecular complexity index is 496. The zero-order valence-corrected chi connectivity index (χ0v) is 14.1. The van der Waals surface area contributed by atoms with Crippen LogP contribution in [0.4, 0.5) is 0 Å². The molecule has 1 aliphatic carbocycles. The summed E-state index contributed by atoms with van der Waals surface area (Å²) in [4.78, 5) is 2.88. The number of nitrogens with zero attached hydrogens (tertiary/aromatic N) is 1. The first kappa shape index (κ1) is 16.2. The van der Waals surface area contributed by atoms with Crippen molar-refractivity contribution < 1.29 is 4.74 Å². The van der Waals surface area contributed by atoms with Crippen LogP contribution in [-0.4, -0.2) is 30.1 Å². The van der Waals surface area contributed by atoms with Gasteiger partial charge in [0, 0.05) is 23.7 Å². The Morgan fingerprint density at radius 3 is 2.57 bits per heavy atom. The van der Waals surface area contributed by atoms with Gasteiger partial charge in [-0.1, -0.05) is 19.1 Å². The Hall–Kier alpha value is -1.13. The molecule has 1 aromatic rings. The molecular formula is C17H26N2OS. The van der Waals surface area contributed by atoms with Gasteiger partial charge in [-0.15, -0.1) is 0 Å². The molecule has 1 fully saturated rings. The number of nitrogens with two attached hydrogens (primary N) is 1. The molecule has 0 radical (unpaired) electrons. The summed E-state index contributed by atoms with van der Waals surface area (Å²) in [5.74, 6) is 1.79. The van der Waals surface area contributed by atoms with Crippen LogP contribution in [0.5, 0.6) is 5.75 Å². The summed E-state index contributed by atoms with van der Waals surface area (Å²) < 4.78 is 5.47. The smallest absolute Gasteiger partial charge is 0.123 e. The number of hydrogen-bond acceptors (Lipinski definition) is 3. The zero-order chi connectivity index (χ0) is 15.4. The largest absolute Gasteiger partial charge is 0.496 e. The molecule has 0 amide bonds. The van der Waals surface area contributed by atoms with E-state index >= 15 is 0 Å². The van der Waals surface area contributed by atoms with Crippen molar-refractivity contribution in [3.63, 3.8) is 0 Å². The third-order valence-electron chi connectivity index (χ3n) is 4.59. The molecule has 0 spiro atoms. The molecule has 4 heteroatoms. The Morgan fingerprint density at radius 1 is 1.33 bits per heavy atom. The second-order valence-electron chi connectivity index (χ2n) is 6.22. The van der Waals surface area contributed by atoms with Crippen LogP contribution in [0, 0.1) is 5.92 Å². The first-order valence-corrected chi connectivity index (χ1v) is 8.09. The fourth-order valence-corrected chi connectivity index (χ4v) is 3.26. The van der Waals surface area contributed by atoms with Gasteiger partial charge in [-0.3, -0.25) is 4.90 Å². The maximum Gasteiger partial charge on any atom is 0.123 e. The molecule has 0 aliphatic heterocycles. The van der Waals surface area contributed by atoms with Crippen molar-refractivity contribution in [1.29, 1.82) is 0 Å². The van der Waals surface area contributed by atoms with Crippen LogP contribution in [-0.2, 0) is 6.54 Å². The van der Waals surface area contributed by atoms with Crippen molar-refractivity contribution in [3.8, 4) is 5.75 Å². The molecule has 0 unspecified atom stereocenters. The molecule has 0 heterocycles. The summed E-state index contributed by atoms with van der Waals surface area (Å²) in [5.41, 5.74) is 7.81. The number of hydrogen-bond donors (Lipinski definition) is 1. The van der Waals surface area contributed by atoms with Crippen LogP contribution in [0.15, 0.2) is 18.2 Å². The third-order valence-corrected chi connectivity index (χ3v) is 4.83. The highest BCUT2D eigenvalue weighted by Gasteiger charge is 2.22. The SMILES string of the molecule is COc1ccc(C(N)=S)cc1CN(C)C1CCC(C)CC1. The van der Waals surface area contributed by atoms with Gasteiger partial charge in [0.05, 0.1) is 7.11 Å². The van der Waals surface area contributed by atoms with E-state index in [2.05, 4.69) is 24.9 Å². The Labute approximate surface area is 133 Å². The summed E-state index contributed by atoms with van der Waals surface area (Å²) in [6.45, 7) is 3.23. The summed E-state index contributed by atoms with van der Waals surface area (Å²) in [7, 11) is 3.91. The minimum atomic E-state index is 0.438. The first-order valence-electron chi connectivity index (χ1n) is 7.68. The van der Waals surface area contributed by atoms with Gasteiger partial charge in [0.15, 0.2) is 0 Å². The van der Waals surface area contributed by atoms with Crippen LogP contribution >= 0.6 is 12.2 Å². The summed E-state index contributed by atoms with van der Waals surface area (Å²) in [6, 6.07) is 6.61. The highest BCUT2D eigenvalue weighted by atomic mass is 32.1. The van der Waals surface area contributed by atoms with Gasteiger partial charge in [0.1, 0.15) is 10.7 Å². The van der Waals surface area contributed by atoms with E-state index < -0.39 is 0 Å². The minimum absolute atomic E-state index is 0.438. The molecule has 0 saturated heterocycles. The lowest BCUT2D eigenvalue weighted by Gasteiger charge is -2.34. The van der Waals surface area contributed by atoms with Crippen LogP contribution in [0.25, 0.3) is 0 Å². The number of methoxy groups -OCH3 is 1. The molecule has 1 aromatic carbocycles. The number of ether oxygens (including phenoxy) is 1. The van der Waals surface area contributed by atoms with Gasteiger partial charge in [0.2, 0.25) is 0 Å². The van der Waals surface area contributed by atoms with Crippen molar-refractivity contribution >= 4 is 17.2 Å². The Balaban J connectivity index is 2.10. The number of thiocarbonyl (C=S) groups is 1. The van der Waals surface area contributed by atoms with Crippen LogP contribution < -0.4 is 10.5 Å². The molecule has 21 heavy (non-hydrogen) atoms. The Kier molecular flexibility index (Phi) is 5.59. The second-order valence-corrected chi connectivity index (χ2v) is 6.66. The molecule has 116 valence electrons. The Morgan fingerprint density at radius 2 is 2.00 bits per heavy atom. The average Bonchev–Trinajstić information content (AvgIpc) is 2.47. The van der Waals surface area contributed by atoms with Gasteiger partial charge < -0.3 is 10.5 Å². The van der Waals surface area contributed by atoms with Gasteiger partial charge in [-0.05, 0) is 56.8 Å². The first-order chi connectivity index (χ1) is 10.0. The maximum atomic E-state index is 5.74. The molecular weight excluding hydrogens is 280 g/mol. The predicted octanol–water partition coefficient (Wildman–Crippen LogP) is 3.34. The quantitative estimate of drug-likeness (QED) is 0.847.